The number of anilines is 4. The van der Waals surface area contributed by atoms with Crippen LogP contribution in [0, 0.1) is 28.4 Å². The number of sulfonamides is 1. The molecule has 3 atom stereocenters. The van der Waals surface area contributed by atoms with Gasteiger partial charge in [0.1, 0.15) is 30.0 Å². The molecule has 7 heterocycles. The molecule has 4 saturated heterocycles. The van der Waals surface area contributed by atoms with Gasteiger partial charge in [0.05, 0.1) is 40.3 Å². The van der Waals surface area contributed by atoms with Crippen LogP contribution in [-0.4, -0.2) is 114 Å². The van der Waals surface area contributed by atoms with Crippen LogP contribution in [0.3, 0.4) is 0 Å². The fourth-order valence-corrected chi connectivity index (χ4v) is 13.3. The highest BCUT2D eigenvalue weighted by Gasteiger charge is 2.50. The van der Waals surface area contributed by atoms with Crippen LogP contribution in [0.15, 0.2) is 83.9 Å². The largest absolute Gasteiger partial charge is 0.471 e. The van der Waals surface area contributed by atoms with Crippen molar-refractivity contribution in [2.45, 2.75) is 94.1 Å². The van der Waals surface area contributed by atoms with Crippen LogP contribution in [0.5, 0.6) is 5.88 Å². The van der Waals surface area contributed by atoms with Gasteiger partial charge < -0.3 is 39.1 Å². The van der Waals surface area contributed by atoms with E-state index in [9.17, 15) is 37.7 Å². The Hall–Kier alpha value is -5.64. The lowest BCUT2D eigenvalue weighted by Gasteiger charge is -2.56. The first kappa shape index (κ1) is 48.6. The normalized spacial score (nSPS) is 22.6. The van der Waals surface area contributed by atoms with Crippen molar-refractivity contribution in [2.75, 3.05) is 67.7 Å². The third kappa shape index (κ3) is 9.45. The quantitative estimate of drug-likeness (QED) is 0.0492. The zero-order valence-corrected chi connectivity index (χ0v) is 41.6. The van der Waals surface area contributed by atoms with Gasteiger partial charge in [-0.15, -0.1) is 0 Å². The molecule has 11 rings (SSSR count). The summed E-state index contributed by atoms with van der Waals surface area (Å²) >= 11 is 0. The lowest BCUT2D eigenvalue weighted by atomic mass is 9.59. The number of carbonyl (C=O) groups excluding carboxylic acids is 1. The van der Waals surface area contributed by atoms with Gasteiger partial charge in [-0.3, -0.25) is 28.9 Å². The summed E-state index contributed by atoms with van der Waals surface area (Å²) in [6.45, 7) is 6.16. The highest BCUT2D eigenvalue weighted by Crippen LogP contribution is 2.55. The molecule has 1 aliphatic carbocycles. The summed E-state index contributed by atoms with van der Waals surface area (Å²) in [6, 6.07) is 21.5. The topological polar surface area (TPSA) is 240 Å². The standard InChI is InChI=1S/C50H59N8O12PS/c1-32-5-2-3-6-38(32)41-7-4-18-55(41)36-26-50(27-36)15-19-54(20-16-50)35-8-10-39(48(59)53-72(65,66)37-9-11-40(43(25-37)58(60)61)52-28-33-13-21-67-22-14-33)42(24-35)57-44-23-34-12-17-51-47(34)56(31-69-71(62,63)64)49(44)70-46-30-68-29-45(46)57/h2-3,5-6,8-12,17,23-25,33,36,41,45-46,52H,4,7,13-16,18-22,26-31H2,1H3,(H,53,59)(H2,62,63,64)/t41-,45+,46+/m0/s1. The van der Waals surface area contributed by atoms with Crippen LogP contribution in [0.2, 0.25) is 0 Å². The molecule has 20 nitrogen and oxygen atoms in total. The number of nitrogens with one attached hydrogen (secondary N) is 2. The summed E-state index contributed by atoms with van der Waals surface area (Å²) in [5, 5.41) is 15.4. The fourth-order valence-electron chi connectivity index (χ4n) is 12.0. The Kier molecular flexibility index (Phi) is 13.0. The number of nitro benzene ring substituents is 1. The van der Waals surface area contributed by atoms with Crippen molar-refractivity contribution >= 4 is 52.2 Å². The van der Waals surface area contributed by atoms with E-state index >= 15 is 0 Å². The molecule has 3 aromatic rings. The molecule has 382 valence electrons. The van der Waals surface area contributed by atoms with Crippen molar-refractivity contribution < 1.29 is 51.2 Å². The molecule has 8 aliphatic rings. The Bertz CT molecular complexity index is 3000. The van der Waals surface area contributed by atoms with E-state index in [1.54, 1.807) is 24.4 Å². The van der Waals surface area contributed by atoms with Crippen LogP contribution >= 0.6 is 7.82 Å². The Morgan fingerprint density at radius 2 is 1.76 bits per heavy atom. The zero-order valence-electron chi connectivity index (χ0n) is 39.9. The van der Waals surface area contributed by atoms with Crippen LogP contribution in [-0.2, 0) is 35.3 Å². The van der Waals surface area contributed by atoms with E-state index in [2.05, 4.69) is 56.0 Å². The highest BCUT2D eigenvalue weighted by molar-refractivity contribution is 7.90. The van der Waals surface area contributed by atoms with Gasteiger partial charge in [0, 0.05) is 68.4 Å². The zero-order chi connectivity index (χ0) is 49.9. The first-order valence-corrected chi connectivity index (χ1v) is 27.7. The number of carbonyl (C=O) groups is 1. The van der Waals surface area contributed by atoms with Crippen molar-refractivity contribution in [3.63, 3.8) is 0 Å². The second kappa shape index (κ2) is 19.3. The Labute approximate surface area is 417 Å². The number of phosphoric ester groups is 1. The monoisotopic (exact) mass is 1030 g/mol. The van der Waals surface area contributed by atoms with Crippen molar-refractivity contribution in [1.82, 2.24) is 19.2 Å². The number of piperidine rings is 1. The maximum Gasteiger partial charge on any atom is 0.471 e. The summed E-state index contributed by atoms with van der Waals surface area (Å²) < 4.78 is 67.0. The van der Waals surface area contributed by atoms with Gasteiger partial charge in [0.25, 0.3) is 21.6 Å². The van der Waals surface area contributed by atoms with Crippen LogP contribution < -0.4 is 24.6 Å². The Morgan fingerprint density at radius 1 is 0.972 bits per heavy atom. The molecule has 0 aromatic heterocycles. The number of ether oxygens (including phenoxy) is 3. The number of pyridine rings is 1. The molecule has 7 aliphatic heterocycles. The molecule has 4 N–H and O–H groups in total. The molecular weight excluding hydrogens is 968 g/mol. The molecule has 3 aromatic carbocycles. The van der Waals surface area contributed by atoms with Crippen molar-refractivity contribution in [3.05, 3.63) is 106 Å². The minimum atomic E-state index is -4.97. The number of aryl methyl sites for hydroxylation is 1. The lowest BCUT2D eigenvalue weighted by Crippen LogP contribution is -2.55. The number of benzene rings is 3. The molecule has 72 heavy (non-hydrogen) atoms. The number of hydrogen-bond donors (Lipinski definition) is 4. The molecule has 1 saturated carbocycles. The second-order valence-electron chi connectivity index (χ2n) is 20.2. The fraction of sp³-hybridized carbons (Fsp3) is 0.480. The smallest absolute Gasteiger partial charge is 0.469 e. The number of hydrogen-bond acceptors (Lipinski definition) is 15. The van der Waals surface area contributed by atoms with Gasteiger partial charge in [-0.25, -0.2) is 22.7 Å². The number of fused-ring (bicyclic) bond motifs is 3. The number of amides is 1. The number of phosphoric acid groups is 1. The van der Waals surface area contributed by atoms with E-state index in [-0.39, 0.29) is 41.7 Å². The van der Waals surface area contributed by atoms with E-state index in [0.29, 0.717) is 54.6 Å². The SMILES string of the molecule is Cc1ccccc1[C@@H]1CCCN1C1CC2(CCN(c3ccc(C(=O)NS(=O)(=O)c4ccc(NCC5CCOCC5)c([N+](=O)[O-])c4)c(N4c5cc6ccnc-6n(COP(=O)(O)O)c5O[C@@H]5COC[C@H]54)c3)CC2)C1. The predicted molar refractivity (Wildman–Crippen MR) is 266 cm³/mol. The third-order valence-corrected chi connectivity index (χ3v) is 17.7. The van der Waals surface area contributed by atoms with Crippen molar-refractivity contribution in [3.8, 4) is 17.3 Å². The minimum Gasteiger partial charge on any atom is -0.469 e. The van der Waals surface area contributed by atoms with E-state index in [0.717, 1.165) is 69.9 Å². The average Bonchev–Trinajstić information content (AvgIpc) is 4.15. The predicted octanol–water partition coefficient (Wildman–Crippen LogP) is 7.11. The van der Waals surface area contributed by atoms with Crippen molar-refractivity contribution in [2.24, 2.45) is 11.3 Å². The summed E-state index contributed by atoms with van der Waals surface area (Å²) in [5.74, 6) is -0.281. The number of rotatable bonds is 14. The first-order chi connectivity index (χ1) is 34.6. The first-order valence-electron chi connectivity index (χ1n) is 24.7. The van der Waals surface area contributed by atoms with Gasteiger partial charge in [0.15, 0.2) is 0 Å². The Balaban J connectivity index is 0.909. The van der Waals surface area contributed by atoms with E-state index < -0.39 is 58.1 Å². The lowest BCUT2D eigenvalue weighted by molar-refractivity contribution is -0.384. The van der Waals surface area contributed by atoms with E-state index in [1.807, 2.05) is 17.0 Å². The maximum absolute atomic E-state index is 14.7. The summed E-state index contributed by atoms with van der Waals surface area (Å²) in [4.78, 5) is 56.8. The number of likely N-dealkylation sites (tertiary alicyclic amines) is 1. The molecule has 5 fully saturated rings. The number of aromatic nitrogens is 2. The van der Waals surface area contributed by atoms with Crippen LogP contribution in [0.4, 0.5) is 28.4 Å². The second-order valence-corrected chi connectivity index (χ2v) is 23.1. The van der Waals surface area contributed by atoms with E-state index in [4.69, 9.17) is 18.7 Å². The van der Waals surface area contributed by atoms with Gasteiger partial charge >= 0.3 is 7.82 Å². The van der Waals surface area contributed by atoms with Gasteiger partial charge in [0.2, 0.25) is 5.88 Å². The molecule has 22 heteroatoms. The van der Waals surface area contributed by atoms with Gasteiger partial charge in [-0.1, -0.05) is 24.3 Å². The summed E-state index contributed by atoms with van der Waals surface area (Å²) in [5.41, 5.74) is 4.79. The molecule has 0 radical (unpaired) electrons. The van der Waals surface area contributed by atoms with Crippen molar-refractivity contribution in [1.29, 1.82) is 0 Å². The summed E-state index contributed by atoms with van der Waals surface area (Å²) in [6.07, 6.45) is 9.11. The van der Waals surface area contributed by atoms with Gasteiger partial charge in [-0.2, -0.15) is 0 Å². The minimum absolute atomic E-state index is 0.0204. The maximum atomic E-state index is 14.7. The number of nitro groups is 1. The molecule has 0 unspecified atom stereocenters. The number of nitrogens with zero attached hydrogens (tertiary/aromatic N) is 6. The van der Waals surface area contributed by atoms with Gasteiger partial charge in [-0.05, 0) is 130 Å². The Morgan fingerprint density at radius 3 is 2.53 bits per heavy atom. The van der Waals surface area contributed by atoms with Crippen LogP contribution in [0.25, 0.3) is 11.4 Å². The molecular formula is C50H59N8O12PS. The summed E-state index contributed by atoms with van der Waals surface area (Å²) in [7, 11) is -9.67. The van der Waals surface area contributed by atoms with Crippen LogP contribution in [0.1, 0.15) is 78.9 Å². The molecule has 1 amide bonds. The average molecular weight is 1030 g/mol. The third-order valence-electron chi connectivity index (χ3n) is 15.9. The molecule has 1 spiro atoms. The molecule has 0 bridgehead atoms. The van der Waals surface area contributed by atoms with E-state index in [1.165, 1.54) is 40.7 Å². The highest BCUT2D eigenvalue weighted by atomic mass is 32.2.